The van der Waals surface area contributed by atoms with Gasteiger partial charge in [-0.05, 0) is 30.3 Å². The number of hydrogen-bond donors (Lipinski definition) is 3. The fourth-order valence-electron chi connectivity index (χ4n) is 2.05. The normalized spacial score (nSPS) is 10.2. The summed E-state index contributed by atoms with van der Waals surface area (Å²) in [6.07, 6.45) is 1.64. The molecule has 0 bridgehead atoms. The Morgan fingerprint density at radius 3 is 2.71 bits per heavy atom. The molecule has 2 heterocycles. The molecule has 8 heteroatoms. The Morgan fingerprint density at radius 2 is 1.96 bits per heavy atom. The highest BCUT2D eigenvalue weighted by molar-refractivity contribution is 6.04. The number of H-pyrrole nitrogens is 1. The van der Waals surface area contributed by atoms with Crippen molar-refractivity contribution in [2.75, 3.05) is 10.6 Å². The van der Waals surface area contributed by atoms with Gasteiger partial charge in [-0.15, -0.1) is 5.10 Å². The highest BCUT2D eigenvalue weighted by Crippen LogP contribution is 2.14. The monoisotopic (exact) mass is 322 g/mol. The van der Waals surface area contributed by atoms with Gasteiger partial charge in [0.05, 0.1) is 0 Å². The van der Waals surface area contributed by atoms with E-state index in [4.69, 9.17) is 0 Å². The van der Waals surface area contributed by atoms with Crippen LogP contribution in [0.2, 0.25) is 0 Å². The van der Waals surface area contributed by atoms with Crippen molar-refractivity contribution >= 4 is 23.5 Å². The van der Waals surface area contributed by atoms with Crippen molar-refractivity contribution in [3.8, 4) is 11.5 Å². The first-order chi connectivity index (χ1) is 11.6. The Labute approximate surface area is 137 Å². The van der Waals surface area contributed by atoms with Crippen LogP contribution in [0.25, 0.3) is 11.5 Å². The van der Waals surface area contributed by atoms with Gasteiger partial charge in [0, 0.05) is 24.4 Å². The van der Waals surface area contributed by atoms with Crippen molar-refractivity contribution < 1.29 is 9.59 Å². The zero-order chi connectivity index (χ0) is 16.9. The van der Waals surface area contributed by atoms with Crippen molar-refractivity contribution in [2.24, 2.45) is 0 Å². The highest BCUT2D eigenvalue weighted by Gasteiger charge is 2.12. The van der Waals surface area contributed by atoms with E-state index in [0.717, 1.165) is 0 Å². The molecule has 0 aliphatic carbocycles. The summed E-state index contributed by atoms with van der Waals surface area (Å²) in [7, 11) is 0. The number of benzene rings is 1. The number of nitrogens with one attached hydrogen (secondary N) is 3. The third kappa shape index (κ3) is 3.61. The molecule has 0 spiro atoms. The lowest BCUT2D eigenvalue weighted by Gasteiger charge is -2.05. The number of aromatic amines is 1. The molecule has 2 amide bonds. The minimum Gasteiger partial charge on any atom is -0.326 e. The molecule has 8 nitrogen and oxygen atoms in total. The van der Waals surface area contributed by atoms with E-state index in [1.807, 2.05) is 6.07 Å². The van der Waals surface area contributed by atoms with E-state index in [9.17, 15) is 9.59 Å². The second-order valence-electron chi connectivity index (χ2n) is 4.94. The predicted octanol–water partition coefficient (Wildman–Crippen LogP) is 2.08. The van der Waals surface area contributed by atoms with E-state index < -0.39 is 0 Å². The van der Waals surface area contributed by atoms with Crippen LogP contribution < -0.4 is 10.6 Å². The lowest BCUT2D eigenvalue weighted by atomic mass is 10.2. The van der Waals surface area contributed by atoms with Crippen molar-refractivity contribution in [3.63, 3.8) is 0 Å². The first-order valence-electron chi connectivity index (χ1n) is 7.14. The lowest BCUT2D eigenvalue weighted by Crippen LogP contribution is -2.14. The fraction of sp³-hybridized carbons (Fsp3) is 0.0625. The van der Waals surface area contributed by atoms with Gasteiger partial charge < -0.3 is 5.32 Å². The lowest BCUT2D eigenvalue weighted by molar-refractivity contribution is -0.114. The average molecular weight is 322 g/mol. The molecule has 3 rings (SSSR count). The third-order valence-corrected chi connectivity index (χ3v) is 3.06. The van der Waals surface area contributed by atoms with Crippen LogP contribution in [-0.2, 0) is 4.79 Å². The van der Waals surface area contributed by atoms with Gasteiger partial charge in [-0.2, -0.15) is 4.98 Å². The first kappa shape index (κ1) is 15.3. The minimum absolute atomic E-state index is 0.144. The van der Waals surface area contributed by atoms with E-state index >= 15 is 0 Å². The van der Waals surface area contributed by atoms with E-state index in [1.54, 1.807) is 42.6 Å². The Balaban J connectivity index is 1.73. The molecular formula is C16H14N6O2. The van der Waals surface area contributed by atoms with Crippen molar-refractivity contribution in [3.05, 3.63) is 54.2 Å². The van der Waals surface area contributed by atoms with Crippen molar-refractivity contribution in [1.82, 2.24) is 20.2 Å². The number of aromatic nitrogens is 4. The number of anilines is 2. The molecule has 1 aromatic carbocycles. The number of rotatable bonds is 4. The maximum Gasteiger partial charge on any atom is 0.258 e. The molecule has 0 saturated carbocycles. The molecule has 3 aromatic rings. The molecule has 0 aliphatic heterocycles. The summed E-state index contributed by atoms with van der Waals surface area (Å²) in [6, 6.07) is 12.0. The Kier molecular flexibility index (Phi) is 4.28. The van der Waals surface area contributed by atoms with Gasteiger partial charge in [-0.3, -0.25) is 25.0 Å². The summed E-state index contributed by atoms with van der Waals surface area (Å²) in [5, 5.41) is 11.9. The van der Waals surface area contributed by atoms with Crippen LogP contribution in [0.15, 0.2) is 48.7 Å². The Morgan fingerprint density at radius 1 is 1.08 bits per heavy atom. The summed E-state index contributed by atoms with van der Waals surface area (Å²) in [4.78, 5) is 31.7. The van der Waals surface area contributed by atoms with Gasteiger partial charge in [0.25, 0.3) is 5.91 Å². The zero-order valence-electron chi connectivity index (χ0n) is 12.8. The van der Waals surface area contributed by atoms with Crippen LogP contribution in [0.1, 0.15) is 17.3 Å². The SMILES string of the molecule is CC(=O)Nc1cccc(C(=O)Nc2n[nH]c(-c3ccccn3)n2)c1. The predicted molar refractivity (Wildman–Crippen MR) is 88.3 cm³/mol. The van der Waals surface area contributed by atoms with Crippen LogP contribution in [0.5, 0.6) is 0 Å². The van der Waals surface area contributed by atoms with E-state index in [2.05, 4.69) is 30.8 Å². The summed E-state index contributed by atoms with van der Waals surface area (Å²) in [5.74, 6) is 0.0128. The van der Waals surface area contributed by atoms with Crippen LogP contribution >= 0.6 is 0 Å². The van der Waals surface area contributed by atoms with Gasteiger partial charge >= 0.3 is 0 Å². The number of carbonyl (C=O) groups is 2. The zero-order valence-corrected chi connectivity index (χ0v) is 12.8. The molecule has 0 radical (unpaired) electrons. The van der Waals surface area contributed by atoms with Gasteiger partial charge in [0.15, 0.2) is 5.82 Å². The van der Waals surface area contributed by atoms with E-state index in [0.29, 0.717) is 22.8 Å². The smallest absolute Gasteiger partial charge is 0.258 e. The van der Waals surface area contributed by atoms with Gasteiger partial charge in [0.2, 0.25) is 11.9 Å². The average Bonchev–Trinajstić information content (AvgIpc) is 3.04. The minimum atomic E-state index is -0.381. The molecule has 0 atom stereocenters. The summed E-state index contributed by atoms with van der Waals surface area (Å²) in [6.45, 7) is 1.40. The molecule has 120 valence electrons. The quantitative estimate of drug-likeness (QED) is 0.680. The van der Waals surface area contributed by atoms with Gasteiger partial charge in [-0.25, -0.2) is 0 Å². The third-order valence-electron chi connectivity index (χ3n) is 3.06. The number of pyridine rings is 1. The molecule has 0 fully saturated rings. The summed E-state index contributed by atoms with van der Waals surface area (Å²) in [5.41, 5.74) is 1.54. The molecule has 2 aromatic heterocycles. The number of amides is 2. The Bertz CT molecular complexity index is 875. The van der Waals surface area contributed by atoms with Gasteiger partial charge in [-0.1, -0.05) is 12.1 Å². The second kappa shape index (κ2) is 6.69. The molecule has 24 heavy (non-hydrogen) atoms. The molecule has 0 aliphatic rings. The molecule has 0 saturated heterocycles. The number of nitrogens with zero attached hydrogens (tertiary/aromatic N) is 3. The van der Waals surface area contributed by atoms with Crippen LogP contribution in [0.4, 0.5) is 11.6 Å². The largest absolute Gasteiger partial charge is 0.326 e. The number of carbonyl (C=O) groups excluding carboxylic acids is 2. The standard InChI is InChI=1S/C16H14N6O2/c1-10(23)18-12-6-4-5-11(9-12)15(24)20-16-19-14(21-22-16)13-7-2-3-8-17-13/h2-9H,1H3,(H,18,23)(H2,19,20,21,22,24). The molecular weight excluding hydrogens is 308 g/mol. The van der Waals surface area contributed by atoms with Crippen molar-refractivity contribution in [1.29, 1.82) is 0 Å². The summed E-state index contributed by atoms with van der Waals surface area (Å²) >= 11 is 0. The fourth-order valence-corrected chi connectivity index (χ4v) is 2.05. The van der Waals surface area contributed by atoms with Crippen LogP contribution in [-0.4, -0.2) is 32.0 Å². The highest BCUT2D eigenvalue weighted by atomic mass is 16.2. The first-order valence-corrected chi connectivity index (χ1v) is 7.14. The van der Waals surface area contributed by atoms with Gasteiger partial charge in [0.1, 0.15) is 5.69 Å². The van der Waals surface area contributed by atoms with Crippen LogP contribution in [0.3, 0.4) is 0 Å². The van der Waals surface area contributed by atoms with Crippen molar-refractivity contribution in [2.45, 2.75) is 6.92 Å². The molecule has 3 N–H and O–H groups in total. The maximum atomic E-state index is 12.3. The Hall–Kier alpha value is -3.55. The van der Waals surface area contributed by atoms with Crippen LogP contribution in [0, 0.1) is 0 Å². The molecule has 0 unspecified atom stereocenters. The summed E-state index contributed by atoms with van der Waals surface area (Å²) < 4.78 is 0. The second-order valence-corrected chi connectivity index (χ2v) is 4.94. The number of hydrogen-bond acceptors (Lipinski definition) is 5. The van der Waals surface area contributed by atoms with E-state index in [-0.39, 0.29) is 17.8 Å². The maximum absolute atomic E-state index is 12.3. The topological polar surface area (TPSA) is 113 Å². The van der Waals surface area contributed by atoms with E-state index in [1.165, 1.54) is 6.92 Å².